The molecule has 0 amide bonds. The summed E-state index contributed by atoms with van der Waals surface area (Å²) in [5.41, 5.74) is 3.03. The van der Waals surface area contributed by atoms with Crippen LogP contribution in [0.4, 0.5) is 0 Å². The summed E-state index contributed by atoms with van der Waals surface area (Å²) in [5.74, 6) is 0. The zero-order chi connectivity index (χ0) is 12.2. The second kappa shape index (κ2) is 5.49. The lowest BCUT2D eigenvalue weighted by Crippen LogP contribution is -2.29. The van der Waals surface area contributed by atoms with Crippen molar-refractivity contribution in [3.63, 3.8) is 0 Å². The first-order valence-electron chi connectivity index (χ1n) is 6.22. The predicted octanol–water partition coefficient (Wildman–Crippen LogP) is 3.66. The van der Waals surface area contributed by atoms with Crippen molar-refractivity contribution in [3.05, 3.63) is 35.4 Å². The highest BCUT2D eigenvalue weighted by molar-refractivity contribution is 5.27. The molecule has 0 fully saturated rings. The molecule has 1 aromatic rings. The number of hydrogen-bond donors (Lipinski definition) is 1. The Morgan fingerprint density at radius 3 is 2.19 bits per heavy atom. The Bertz CT molecular complexity index is 309. The van der Waals surface area contributed by atoms with E-state index in [9.17, 15) is 0 Å². The molecule has 0 aliphatic carbocycles. The Balaban J connectivity index is 2.59. The van der Waals surface area contributed by atoms with E-state index in [-0.39, 0.29) is 5.41 Å². The van der Waals surface area contributed by atoms with E-state index in [1.807, 2.05) is 0 Å². The van der Waals surface area contributed by atoms with Crippen molar-refractivity contribution in [1.29, 1.82) is 0 Å². The maximum atomic E-state index is 3.48. The maximum absolute atomic E-state index is 3.48. The van der Waals surface area contributed by atoms with Crippen LogP contribution in [0, 0.1) is 6.92 Å². The maximum Gasteiger partial charge on any atom is 0.00103 e. The first-order chi connectivity index (χ1) is 7.42. The third-order valence-electron chi connectivity index (χ3n) is 3.14. The molecule has 90 valence electrons. The van der Waals surface area contributed by atoms with Crippen LogP contribution in [0.1, 0.15) is 45.2 Å². The Kier molecular flexibility index (Phi) is 4.55. The van der Waals surface area contributed by atoms with Gasteiger partial charge in [-0.05, 0) is 30.9 Å². The monoisotopic (exact) mass is 219 g/mol. The molecule has 1 aromatic carbocycles. The van der Waals surface area contributed by atoms with Crippen molar-refractivity contribution >= 4 is 0 Å². The molecule has 1 N–H and O–H groups in total. The van der Waals surface area contributed by atoms with Gasteiger partial charge in [-0.1, -0.05) is 57.5 Å². The van der Waals surface area contributed by atoms with Gasteiger partial charge in [-0.15, -0.1) is 0 Å². The van der Waals surface area contributed by atoms with Gasteiger partial charge in [0, 0.05) is 6.04 Å². The van der Waals surface area contributed by atoms with Crippen LogP contribution < -0.4 is 5.32 Å². The van der Waals surface area contributed by atoms with Crippen molar-refractivity contribution < 1.29 is 0 Å². The average molecular weight is 219 g/mol. The molecule has 1 nitrogen and oxygen atoms in total. The second-order valence-electron chi connectivity index (χ2n) is 5.61. The van der Waals surface area contributed by atoms with E-state index in [1.54, 1.807) is 0 Å². The van der Waals surface area contributed by atoms with Gasteiger partial charge in [0.2, 0.25) is 0 Å². The third kappa shape index (κ3) is 3.97. The zero-order valence-corrected chi connectivity index (χ0v) is 11.3. The SMILES string of the molecule is Cc1ccc(C(C)(C)CCNC(C)C)cc1. The van der Waals surface area contributed by atoms with Gasteiger partial charge in [0.25, 0.3) is 0 Å². The summed E-state index contributed by atoms with van der Waals surface area (Å²) in [6, 6.07) is 9.49. The molecular weight excluding hydrogens is 194 g/mol. The Labute approximate surface area is 100 Å². The standard InChI is InChI=1S/C15H25N/c1-12(2)16-11-10-15(4,5)14-8-6-13(3)7-9-14/h6-9,12,16H,10-11H2,1-5H3. The van der Waals surface area contributed by atoms with Gasteiger partial charge in [-0.2, -0.15) is 0 Å². The third-order valence-corrected chi connectivity index (χ3v) is 3.14. The van der Waals surface area contributed by atoms with E-state index in [0.717, 1.165) is 6.54 Å². The number of aryl methyl sites for hydroxylation is 1. The second-order valence-corrected chi connectivity index (χ2v) is 5.61. The summed E-state index contributed by atoms with van der Waals surface area (Å²) < 4.78 is 0. The predicted molar refractivity (Wildman–Crippen MR) is 72.0 cm³/mol. The minimum absolute atomic E-state index is 0.260. The number of benzene rings is 1. The average Bonchev–Trinajstić information content (AvgIpc) is 2.17. The van der Waals surface area contributed by atoms with Crippen LogP contribution in [-0.4, -0.2) is 12.6 Å². The van der Waals surface area contributed by atoms with E-state index in [2.05, 4.69) is 64.2 Å². The summed E-state index contributed by atoms with van der Waals surface area (Å²) in [5, 5.41) is 3.48. The quantitative estimate of drug-likeness (QED) is 0.797. The van der Waals surface area contributed by atoms with Gasteiger partial charge in [0.15, 0.2) is 0 Å². The molecule has 0 saturated heterocycles. The van der Waals surface area contributed by atoms with E-state index in [1.165, 1.54) is 17.5 Å². The fourth-order valence-electron chi connectivity index (χ4n) is 1.82. The van der Waals surface area contributed by atoms with Crippen LogP contribution in [0.25, 0.3) is 0 Å². The summed E-state index contributed by atoms with van der Waals surface area (Å²) >= 11 is 0. The molecule has 1 heteroatoms. The molecule has 0 unspecified atom stereocenters. The molecule has 0 bridgehead atoms. The topological polar surface area (TPSA) is 12.0 Å². The summed E-state index contributed by atoms with van der Waals surface area (Å²) in [6.45, 7) is 12.2. The summed E-state index contributed by atoms with van der Waals surface area (Å²) in [6.07, 6.45) is 1.17. The molecule has 0 saturated carbocycles. The van der Waals surface area contributed by atoms with E-state index in [4.69, 9.17) is 0 Å². The first-order valence-corrected chi connectivity index (χ1v) is 6.22. The van der Waals surface area contributed by atoms with Crippen molar-refractivity contribution in [3.8, 4) is 0 Å². The Hall–Kier alpha value is -0.820. The molecule has 0 aromatic heterocycles. The lowest BCUT2D eigenvalue weighted by Gasteiger charge is -2.26. The van der Waals surface area contributed by atoms with Crippen molar-refractivity contribution in [2.24, 2.45) is 0 Å². The van der Waals surface area contributed by atoms with Crippen LogP contribution in [0.3, 0.4) is 0 Å². The highest BCUT2D eigenvalue weighted by Gasteiger charge is 2.19. The summed E-state index contributed by atoms with van der Waals surface area (Å²) in [4.78, 5) is 0. The Morgan fingerprint density at radius 1 is 1.12 bits per heavy atom. The van der Waals surface area contributed by atoms with Crippen molar-refractivity contribution in [2.75, 3.05) is 6.54 Å². The molecule has 0 radical (unpaired) electrons. The number of nitrogens with one attached hydrogen (secondary N) is 1. The molecule has 0 aliphatic heterocycles. The molecule has 1 rings (SSSR count). The largest absolute Gasteiger partial charge is 0.315 e. The number of rotatable bonds is 5. The normalized spacial score (nSPS) is 12.1. The minimum atomic E-state index is 0.260. The fraction of sp³-hybridized carbons (Fsp3) is 0.600. The van der Waals surface area contributed by atoms with E-state index < -0.39 is 0 Å². The van der Waals surface area contributed by atoms with E-state index >= 15 is 0 Å². The molecule has 16 heavy (non-hydrogen) atoms. The van der Waals surface area contributed by atoms with Gasteiger partial charge in [0.1, 0.15) is 0 Å². The van der Waals surface area contributed by atoms with Crippen LogP contribution in [0.2, 0.25) is 0 Å². The molecule has 0 aliphatic rings. The molecule has 0 heterocycles. The summed E-state index contributed by atoms with van der Waals surface area (Å²) in [7, 11) is 0. The lowest BCUT2D eigenvalue weighted by atomic mass is 9.81. The van der Waals surface area contributed by atoms with Crippen LogP contribution in [0.15, 0.2) is 24.3 Å². The number of hydrogen-bond acceptors (Lipinski definition) is 1. The highest BCUT2D eigenvalue weighted by atomic mass is 14.9. The minimum Gasteiger partial charge on any atom is -0.315 e. The Morgan fingerprint density at radius 2 is 1.69 bits per heavy atom. The first kappa shape index (κ1) is 13.2. The van der Waals surface area contributed by atoms with Gasteiger partial charge in [-0.3, -0.25) is 0 Å². The van der Waals surface area contributed by atoms with Crippen LogP contribution >= 0.6 is 0 Å². The van der Waals surface area contributed by atoms with Gasteiger partial charge in [0.05, 0.1) is 0 Å². The van der Waals surface area contributed by atoms with Gasteiger partial charge in [-0.25, -0.2) is 0 Å². The smallest absolute Gasteiger partial charge is 0.00103 e. The molecule has 0 atom stereocenters. The fourth-order valence-corrected chi connectivity index (χ4v) is 1.82. The molecule has 0 spiro atoms. The molecular formula is C15H25N. The van der Waals surface area contributed by atoms with Gasteiger partial charge < -0.3 is 5.32 Å². The lowest BCUT2D eigenvalue weighted by molar-refractivity contribution is 0.441. The van der Waals surface area contributed by atoms with Crippen LogP contribution in [-0.2, 0) is 5.41 Å². The van der Waals surface area contributed by atoms with Gasteiger partial charge >= 0.3 is 0 Å². The highest BCUT2D eigenvalue weighted by Crippen LogP contribution is 2.26. The van der Waals surface area contributed by atoms with Crippen molar-refractivity contribution in [1.82, 2.24) is 5.32 Å². The van der Waals surface area contributed by atoms with Crippen molar-refractivity contribution in [2.45, 2.75) is 52.5 Å². The van der Waals surface area contributed by atoms with E-state index in [0.29, 0.717) is 6.04 Å². The van der Waals surface area contributed by atoms with Crippen LogP contribution in [0.5, 0.6) is 0 Å². The zero-order valence-electron chi connectivity index (χ0n) is 11.3.